The maximum absolute atomic E-state index is 11.4. The van der Waals surface area contributed by atoms with Crippen molar-refractivity contribution >= 4 is 18.3 Å². The van der Waals surface area contributed by atoms with Crippen LogP contribution in [0.25, 0.3) is 0 Å². The molecule has 0 rings (SSSR count). The van der Waals surface area contributed by atoms with E-state index in [1.54, 1.807) is 0 Å². The van der Waals surface area contributed by atoms with Gasteiger partial charge in [-0.05, 0) is 19.8 Å². The smallest absolute Gasteiger partial charge is 0.348 e. The number of hydrogen-bond donors (Lipinski definition) is 1. The molecule has 0 bridgehead atoms. The van der Waals surface area contributed by atoms with Crippen LogP contribution in [0.4, 0.5) is 0 Å². The van der Waals surface area contributed by atoms with Crippen LogP contribution in [0, 0.1) is 0 Å². The van der Waals surface area contributed by atoms with Gasteiger partial charge in [0, 0.05) is 0 Å². The molecule has 0 aliphatic carbocycles. The molecule has 0 aromatic rings. The minimum absolute atomic E-state index is 0.339. The molecule has 0 aromatic heterocycles. The summed E-state index contributed by atoms with van der Waals surface area (Å²) in [5, 5.41) is 0. The van der Waals surface area contributed by atoms with Crippen molar-refractivity contribution in [3.8, 4) is 0 Å². The van der Waals surface area contributed by atoms with E-state index in [4.69, 9.17) is 14.0 Å². The molecule has 0 unspecified atom stereocenters. The van der Waals surface area contributed by atoms with Gasteiger partial charge in [-0.2, -0.15) is 16.8 Å². The van der Waals surface area contributed by atoms with Crippen molar-refractivity contribution in [1.29, 1.82) is 0 Å². The number of rotatable bonds is 18. The fraction of sp³-hybridized carbons (Fsp3) is 1.00. The van der Waals surface area contributed by atoms with Gasteiger partial charge in [-0.15, -0.1) is 0 Å². The zero-order chi connectivity index (χ0) is 20.8. The molecular weight excluding hydrogens is 396 g/mol. The van der Waals surface area contributed by atoms with E-state index in [-0.39, 0.29) is 0 Å². The van der Waals surface area contributed by atoms with Crippen LogP contribution in [-0.2, 0) is 32.0 Å². The van der Waals surface area contributed by atoms with E-state index in [0.29, 0.717) is 13.2 Å². The van der Waals surface area contributed by atoms with Crippen molar-refractivity contribution in [3.05, 3.63) is 0 Å². The predicted octanol–water partition coefficient (Wildman–Crippen LogP) is 3.83. The van der Waals surface area contributed by atoms with E-state index < -0.39 is 30.7 Å². The molecule has 0 aromatic carbocycles. The minimum atomic E-state index is -5.36. The highest BCUT2D eigenvalue weighted by atomic mass is 33.2. The van der Waals surface area contributed by atoms with E-state index in [1.807, 2.05) is 0 Å². The van der Waals surface area contributed by atoms with Crippen LogP contribution in [0.5, 0.6) is 0 Å². The lowest BCUT2D eigenvalue weighted by Gasteiger charge is -2.29. The van der Waals surface area contributed by atoms with E-state index in [1.165, 1.54) is 6.92 Å². The fourth-order valence-corrected chi connectivity index (χ4v) is 3.34. The first-order chi connectivity index (χ1) is 12.6. The summed E-state index contributed by atoms with van der Waals surface area (Å²) in [4.78, 5) is 0. The minimum Gasteiger partial charge on any atom is -0.348 e. The van der Waals surface area contributed by atoms with Gasteiger partial charge in [0.15, 0.2) is 5.79 Å². The molecule has 0 fully saturated rings. The highest BCUT2D eigenvalue weighted by Gasteiger charge is 2.34. The van der Waals surface area contributed by atoms with Gasteiger partial charge >= 0.3 is 18.3 Å². The SMILES string of the molecule is CCCCCCCOC(C)(COS(=O)(=O)S(=O)(=O)O)OCCCCCCC. The average molecular weight is 433 g/mol. The van der Waals surface area contributed by atoms with E-state index in [2.05, 4.69) is 18.0 Å². The first kappa shape index (κ1) is 26.7. The van der Waals surface area contributed by atoms with Crippen LogP contribution in [0.2, 0.25) is 0 Å². The summed E-state index contributed by atoms with van der Waals surface area (Å²) in [5.74, 6) is -1.41. The first-order valence-electron chi connectivity index (χ1n) is 9.72. The molecule has 8 nitrogen and oxygen atoms in total. The lowest BCUT2D eigenvalue weighted by molar-refractivity contribution is -0.239. The standard InChI is InChI=1S/C17H36O8S2/c1-4-6-8-10-12-14-23-17(3,24-15-13-11-9-7-5-2)16-25-27(21,22)26(18,19)20/h4-16H2,1-3H3,(H,18,19,20). The van der Waals surface area contributed by atoms with Gasteiger partial charge in [0.05, 0.1) is 13.2 Å². The third-order valence-electron chi connectivity index (χ3n) is 4.03. The maximum atomic E-state index is 11.4. The Labute approximate surface area is 164 Å². The summed E-state index contributed by atoms with van der Waals surface area (Å²) in [7, 11) is -10.5. The van der Waals surface area contributed by atoms with Crippen molar-refractivity contribution in [2.45, 2.75) is 90.8 Å². The Hall–Kier alpha value is -0.260. The van der Waals surface area contributed by atoms with E-state index >= 15 is 0 Å². The molecular formula is C17H36O8S2. The Balaban J connectivity index is 4.58. The largest absolute Gasteiger partial charge is 0.400 e. The Morgan fingerprint density at radius 2 is 1.15 bits per heavy atom. The molecule has 0 heterocycles. The summed E-state index contributed by atoms with van der Waals surface area (Å²) >= 11 is 0. The zero-order valence-electron chi connectivity index (χ0n) is 16.8. The lowest BCUT2D eigenvalue weighted by atomic mass is 10.1. The van der Waals surface area contributed by atoms with Gasteiger partial charge < -0.3 is 9.47 Å². The maximum Gasteiger partial charge on any atom is 0.400 e. The molecule has 0 saturated heterocycles. The highest BCUT2D eigenvalue weighted by Crippen LogP contribution is 2.18. The second-order valence-corrected chi connectivity index (χ2v) is 11.2. The normalized spacial score (nSPS) is 13.2. The number of ether oxygens (including phenoxy) is 2. The third-order valence-corrected chi connectivity index (χ3v) is 6.79. The molecule has 27 heavy (non-hydrogen) atoms. The Morgan fingerprint density at radius 1 is 0.741 bits per heavy atom. The molecule has 0 radical (unpaired) electrons. The van der Waals surface area contributed by atoms with Gasteiger partial charge in [0.2, 0.25) is 0 Å². The van der Waals surface area contributed by atoms with Crippen LogP contribution in [0.15, 0.2) is 0 Å². The van der Waals surface area contributed by atoms with Crippen LogP contribution in [0.1, 0.15) is 85.0 Å². The number of hydrogen-bond acceptors (Lipinski definition) is 7. The second kappa shape index (κ2) is 13.8. The monoisotopic (exact) mass is 432 g/mol. The zero-order valence-corrected chi connectivity index (χ0v) is 18.4. The van der Waals surface area contributed by atoms with Crippen molar-refractivity contribution in [2.75, 3.05) is 19.8 Å². The Kier molecular flexibility index (Phi) is 13.7. The Bertz CT molecular complexity index is 556. The second-order valence-electron chi connectivity index (χ2n) is 6.76. The van der Waals surface area contributed by atoms with Crippen molar-refractivity contribution in [1.82, 2.24) is 0 Å². The van der Waals surface area contributed by atoms with Crippen LogP contribution in [0.3, 0.4) is 0 Å². The van der Waals surface area contributed by atoms with Crippen LogP contribution < -0.4 is 0 Å². The summed E-state index contributed by atoms with van der Waals surface area (Å²) in [6.45, 7) is 5.77. The summed E-state index contributed by atoms with van der Waals surface area (Å²) in [6.07, 6.45) is 10.2. The van der Waals surface area contributed by atoms with Crippen molar-refractivity contribution in [2.24, 2.45) is 0 Å². The quantitative estimate of drug-likeness (QED) is 0.150. The Morgan fingerprint density at radius 3 is 1.52 bits per heavy atom. The number of unbranched alkanes of at least 4 members (excludes halogenated alkanes) is 8. The fourth-order valence-electron chi connectivity index (χ4n) is 2.35. The molecule has 10 heteroatoms. The average Bonchev–Trinajstić information content (AvgIpc) is 2.59. The molecule has 0 amide bonds. The van der Waals surface area contributed by atoms with Gasteiger partial charge in [0.1, 0.15) is 6.61 Å². The summed E-state index contributed by atoms with van der Waals surface area (Å²) < 4.78 is 69.0. The summed E-state index contributed by atoms with van der Waals surface area (Å²) in [5.41, 5.74) is 0. The van der Waals surface area contributed by atoms with E-state index in [0.717, 1.165) is 64.2 Å². The molecule has 0 aliphatic rings. The van der Waals surface area contributed by atoms with Crippen LogP contribution in [-0.4, -0.2) is 47.0 Å². The lowest BCUT2D eigenvalue weighted by Crippen LogP contribution is -2.40. The molecule has 164 valence electrons. The topological polar surface area (TPSA) is 116 Å². The van der Waals surface area contributed by atoms with E-state index in [9.17, 15) is 16.8 Å². The predicted molar refractivity (Wildman–Crippen MR) is 104 cm³/mol. The molecule has 0 spiro atoms. The van der Waals surface area contributed by atoms with Gasteiger partial charge in [0.25, 0.3) is 0 Å². The van der Waals surface area contributed by atoms with Crippen molar-refractivity contribution < 1.29 is 35.0 Å². The van der Waals surface area contributed by atoms with Gasteiger partial charge in [-0.1, -0.05) is 65.2 Å². The molecule has 0 aliphatic heterocycles. The van der Waals surface area contributed by atoms with Gasteiger partial charge in [-0.3, -0.25) is 8.74 Å². The van der Waals surface area contributed by atoms with Crippen LogP contribution >= 0.6 is 0 Å². The molecule has 0 atom stereocenters. The third kappa shape index (κ3) is 12.7. The first-order valence-corrected chi connectivity index (χ1v) is 13.1. The van der Waals surface area contributed by atoms with Gasteiger partial charge in [-0.25, -0.2) is 0 Å². The van der Waals surface area contributed by atoms with Crippen molar-refractivity contribution in [3.63, 3.8) is 0 Å². The molecule has 1 N–H and O–H groups in total. The highest BCUT2D eigenvalue weighted by molar-refractivity contribution is 8.63. The summed E-state index contributed by atoms with van der Waals surface area (Å²) in [6, 6.07) is 0. The molecule has 0 saturated carbocycles.